The average Bonchev–Trinajstić information content (AvgIpc) is 3.38. The second kappa shape index (κ2) is 9.01. The SMILES string of the molecule is COCCNC(=O)c1ccc(-n2cnc(NC(=O)C3CCN(C#N)C3)c2)cc1. The summed E-state index contributed by atoms with van der Waals surface area (Å²) in [5.74, 6) is -0.0567. The first-order chi connectivity index (χ1) is 13.6. The van der Waals surface area contributed by atoms with E-state index < -0.39 is 0 Å². The highest BCUT2D eigenvalue weighted by atomic mass is 16.5. The van der Waals surface area contributed by atoms with E-state index in [4.69, 9.17) is 10.00 Å². The lowest BCUT2D eigenvalue weighted by atomic mass is 10.1. The van der Waals surface area contributed by atoms with E-state index in [9.17, 15) is 9.59 Å². The van der Waals surface area contributed by atoms with E-state index in [1.165, 1.54) is 0 Å². The number of likely N-dealkylation sites (tertiary alicyclic amines) is 1. The number of ether oxygens (including phenoxy) is 1. The monoisotopic (exact) mass is 382 g/mol. The number of carbonyl (C=O) groups is 2. The Kier molecular flexibility index (Phi) is 6.24. The molecular formula is C19H22N6O3. The van der Waals surface area contributed by atoms with Crippen LogP contribution in [0, 0.1) is 17.4 Å². The van der Waals surface area contributed by atoms with Gasteiger partial charge in [-0.3, -0.25) is 9.59 Å². The molecule has 0 saturated carbocycles. The number of nitrogens with one attached hydrogen (secondary N) is 2. The van der Waals surface area contributed by atoms with Gasteiger partial charge in [0.2, 0.25) is 5.91 Å². The summed E-state index contributed by atoms with van der Waals surface area (Å²) < 4.78 is 6.67. The van der Waals surface area contributed by atoms with Gasteiger partial charge in [0.1, 0.15) is 6.33 Å². The van der Waals surface area contributed by atoms with Crippen LogP contribution in [0.25, 0.3) is 5.69 Å². The molecule has 0 aliphatic carbocycles. The molecular weight excluding hydrogens is 360 g/mol. The van der Waals surface area contributed by atoms with Crippen LogP contribution in [0.1, 0.15) is 16.8 Å². The molecule has 9 nitrogen and oxygen atoms in total. The predicted molar refractivity (Wildman–Crippen MR) is 102 cm³/mol. The van der Waals surface area contributed by atoms with Crippen molar-refractivity contribution in [3.63, 3.8) is 0 Å². The van der Waals surface area contributed by atoms with Crippen LogP contribution in [0.15, 0.2) is 36.8 Å². The zero-order chi connectivity index (χ0) is 19.9. The van der Waals surface area contributed by atoms with Gasteiger partial charge in [-0.05, 0) is 30.7 Å². The number of hydrogen-bond acceptors (Lipinski definition) is 6. The molecule has 146 valence electrons. The molecule has 1 fully saturated rings. The van der Waals surface area contributed by atoms with Crippen LogP contribution in [-0.4, -0.2) is 59.6 Å². The Hall–Kier alpha value is -3.38. The summed E-state index contributed by atoms with van der Waals surface area (Å²) in [6.45, 7) is 1.96. The standard InChI is InChI=1S/C19H22N6O3/c1-28-9-7-21-18(26)14-2-4-16(5-3-14)25-11-17(22-13-25)23-19(27)15-6-8-24(10-15)12-20/h2-5,11,13,15H,6-10H2,1H3,(H,21,26)(H,23,27). The van der Waals surface area contributed by atoms with Crippen molar-refractivity contribution in [2.24, 2.45) is 5.92 Å². The molecule has 2 amide bonds. The van der Waals surface area contributed by atoms with Crippen LogP contribution in [0.3, 0.4) is 0 Å². The normalized spacial score (nSPS) is 15.9. The summed E-state index contributed by atoms with van der Waals surface area (Å²) >= 11 is 0. The molecule has 1 aliphatic heterocycles. The van der Waals surface area contributed by atoms with Crippen molar-refractivity contribution in [3.8, 4) is 11.9 Å². The number of aromatic nitrogens is 2. The number of nitrogens with zero attached hydrogens (tertiary/aromatic N) is 4. The van der Waals surface area contributed by atoms with Gasteiger partial charge in [-0.2, -0.15) is 5.26 Å². The number of nitriles is 1. The Bertz CT molecular complexity index is 871. The number of methoxy groups -OCH3 is 1. The summed E-state index contributed by atoms with van der Waals surface area (Å²) in [4.78, 5) is 30.1. The van der Waals surface area contributed by atoms with Gasteiger partial charge in [0.15, 0.2) is 12.0 Å². The molecule has 1 aliphatic rings. The van der Waals surface area contributed by atoms with Gasteiger partial charge in [-0.15, -0.1) is 0 Å². The maximum absolute atomic E-state index is 12.3. The first-order valence-corrected chi connectivity index (χ1v) is 8.98. The van der Waals surface area contributed by atoms with E-state index >= 15 is 0 Å². The van der Waals surface area contributed by atoms with Crippen molar-refractivity contribution in [2.75, 3.05) is 38.7 Å². The first-order valence-electron chi connectivity index (χ1n) is 8.98. The molecule has 9 heteroatoms. The molecule has 0 radical (unpaired) electrons. The van der Waals surface area contributed by atoms with Crippen LogP contribution in [0.4, 0.5) is 5.82 Å². The second-order valence-corrected chi connectivity index (χ2v) is 6.48. The van der Waals surface area contributed by atoms with Crippen molar-refractivity contribution >= 4 is 17.6 Å². The number of carbonyl (C=O) groups excluding carboxylic acids is 2. The Morgan fingerprint density at radius 2 is 2.14 bits per heavy atom. The molecule has 2 N–H and O–H groups in total. The molecule has 2 aromatic rings. The van der Waals surface area contributed by atoms with Gasteiger partial charge < -0.3 is 24.8 Å². The molecule has 1 atom stereocenters. The van der Waals surface area contributed by atoms with Gasteiger partial charge in [-0.25, -0.2) is 4.98 Å². The Morgan fingerprint density at radius 3 is 2.82 bits per heavy atom. The molecule has 0 bridgehead atoms. The van der Waals surface area contributed by atoms with Gasteiger partial charge in [0, 0.05) is 38.0 Å². The number of amides is 2. The third-order valence-electron chi connectivity index (χ3n) is 4.55. The number of anilines is 1. The lowest BCUT2D eigenvalue weighted by Crippen LogP contribution is -2.26. The summed E-state index contributed by atoms with van der Waals surface area (Å²) in [6, 6.07) is 7.07. The molecule has 1 unspecified atom stereocenters. The topological polar surface area (TPSA) is 112 Å². The van der Waals surface area contributed by atoms with Gasteiger partial charge in [-0.1, -0.05) is 0 Å². The van der Waals surface area contributed by atoms with E-state index in [0.717, 1.165) is 5.69 Å². The highest BCUT2D eigenvalue weighted by Crippen LogP contribution is 2.18. The Labute approximate surface area is 162 Å². The highest BCUT2D eigenvalue weighted by molar-refractivity contribution is 5.94. The van der Waals surface area contributed by atoms with E-state index in [1.807, 2.05) is 0 Å². The predicted octanol–water partition coefficient (Wildman–Crippen LogP) is 0.990. The Morgan fingerprint density at radius 1 is 1.36 bits per heavy atom. The minimum Gasteiger partial charge on any atom is -0.383 e. The van der Waals surface area contributed by atoms with Crippen LogP contribution in [0.2, 0.25) is 0 Å². The van der Waals surface area contributed by atoms with Crippen LogP contribution >= 0.6 is 0 Å². The Balaban J connectivity index is 1.58. The fourth-order valence-corrected chi connectivity index (χ4v) is 2.98. The summed E-state index contributed by atoms with van der Waals surface area (Å²) in [7, 11) is 1.58. The van der Waals surface area contributed by atoms with Crippen molar-refractivity contribution in [2.45, 2.75) is 6.42 Å². The maximum atomic E-state index is 12.3. The molecule has 0 spiro atoms. The smallest absolute Gasteiger partial charge is 0.251 e. The van der Waals surface area contributed by atoms with Gasteiger partial charge >= 0.3 is 0 Å². The third-order valence-corrected chi connectivity index (χ3v) is 4.55. The molecule has 28 heavy (non-hydrogen) atoms. The fourth-order valence-electron chi connectivity index (χ4n) is 2.98. The van der Waals surface area contributed by atoms with E-state index in [1.54, 1.807) is 53.4 Å². The molecule has 3 rings (SSSR count). The third kappa shape index (κ3) is 4.66. The molecule has 2 heterocycles. The molecule has 1 saturated heterocycles. The van der Waals surface area contributed by atoms with Crippen molar-refractivity contribution in [3.05, 3.63) is 42.4 Å². The second-order valence-electron chi connectivity index (χ2n) is 6.48. The van der Waals surface area contributed by atoms with E-state index in [0.29, 0.717) is 44.0 Å². The minimum absolute atomic E-state index is 0.133. The van der Waals surface area contributed by atoms with Crippen LogP contribution < -0.4 is 10.6 Å². The van der Waals surface area contributed by atoms with Crippen molar-refractivity contribution < 1.29 is 14.3 Å². The lowest BCUT2D eigenvalue weighted by molar-refractivity contribution is -0.119. The quantitative estimate of drug-likeness (QED) is 0.546. The summed E-state index contributed by atoms with van der Waals surface area (Å²) in [5.41, 5.74) is 1.37. The van der Waals surface area contributed by atoms with Crippen LogP contribution in [-0.2, 0) is 9.53 Å². The van der Waals surface area contributed by atoms with Crippen molar-refractivity contribution in [1.82, 2.24) is 19.8 Å². The number of rotatable bonds is 7. The maximum Gasteiger partial charge on any atom is 0.251 e. The lowest BCUT2D eigenvalue weighted by Gasteiger charge is -2.09. The number of imidazole rings is 1. The van der Waals surface area contributed by atoms with Gasteiger partial charge in [0.05, 0.1) is 18.7 Å². The minimum atomic E-state index is -0.208. The van der Waals surface area contributed by atoms with E-state index in [2.05, 4.69) is 21.8 Å². The average molecular weight is 382 g/mol. The zero-order valence-electron chi connectivity index (χ0n) is 15.6. The summed E-state index contributed by atoms with van der Waals surface area (Å²) in [5, 5.41) is 14.4. The molecule has 1 aromatic heterocycles. The first kappa shape index (κ1) is 19.4. The summed E-state index contributed by atoms with van der Waals surface area (Å²) in [6.07, 6.45) is 6.03. The van der Waals surface area contributed by atoms with Crippen LogP contribution in [0.5, 0.6) is 0 Å². The van der Waals surface area contributed by atoms with Gasteiger partial charge in [0.25, 0.3) is 5.91 Å². The highest BCUT2D eigenvalue weighted by Gasteiger charge is 2.28. The zero-order valence-corrected chi connectivity index (χ0v) is 15.6. The van der Waals surface area contributed by atoms with Crippen molar-refractivity contribution in [1.29, 1.82) is 5.26 Å². The fraction of sp³-hybridized carbons (Fsp3) is 0.368. The largest absolute Gasteiger partial charge is 0.383 e. The van der Waals surface area contributed by atoms with E-state index in [-0.39, 0.29) is 17.7 Å². The molecule has 1 aromatic carbocycles. The number of benzene rings is 1. The number of hydrogen-bond donors (Lipinski definition) is 2.